The van der Waals surface area contributed by atoms with Gasteiger partial charge in [-0.1, -0.05) is 36.2 Å². The highest BCUT2D eigenvalue weighted by molar-refractivity contribution is 6.43. The Balaban J connectivity index is 2.43. The Morgan fingerprint density at radius 3 is 2.78 bits per heavy atom. The van der Waals surface area contributed by atoms with Crippen LogP contribution in [0.1, 0.15) is 26.7 Å². The van der Waals surface area contributed by atoms with Crippen LogP contribution in [0.5, 0.6) is 0 Å². The van der Waals surface area contributed by atoms with E-state index < -0.39 is 0 Å². The molecule has 1 atom stereocenters. The van der Waals surface area contributed by atoms with Crippen molar-refractivity contribution >= 4 is 34.8 Å². The number of nitrogens with one attached hydrogen (secondary N) is 2. The molecule has 1 amide bonds. The lowest BCUT2D eigenvalue weighted by Gasteiger charge is -2.11. The van der Waals surface area contributed by atoms with Crippen LogP contribution in [0.2, 0.25) is 10.0 Å². The van der Waals surface area contributed by atoms with Gasteiger partial charge in [-0.25, -0.2) is 0 Å². The molecule has 18 heavy (non-hydrogen) atoms. The predicted octanol–water partition coefficient (Wildman–Crippen LogP) is 3.71. The first-order chi connectivity index (χ1) is 8.54. The fourth-order valence-electron chi connectivity index (χ4n) is 1.39. The van der Waals surface area contributed by atoms with Crippen LogP contribution < -0.4 is 10.6 Å². The third kappa shape index (κ3) is 4.84. The Morgan fingerprint density at radius 2 is 2.11 bits per heavy atom. The summed E-state index contributed by atoms with van der Waals surface area (Å²) in [7, 11) is 0. The van der Waals surface area contributed by atoms with Gasteiger partial charge >= 0.3 is 0 Å². The molecule has 0 bridgehead atoms. The van der Waals surface area contributed by atoms with Crippen molar-refractivity contribution in [3.05, 3.63) is 28.2 Å². The molecular weight excluding hydrogens is 271 g/mol. The van der Waals surface area contributed by atoms with Crippen LogP contribution in [0.4, 0.5) is 5.69 Å². The van der Waals surface area contributed by atoms with Gasteiger partial charge in [0.05, 0.1) is 15.7 Å². The van der Waals surface area contributed by atoms with Crippen molar-refractivity contribution in [2.45, 2.75) is 32.7 Å². The van der Waals surface area contributed by atoms with Crippen molar-refractivity contribution in [2.24, 2.45) is 0 Å². The van der Waals surface area contributed by atoms with Gasteiger partial charge in [0.15, 0.2) is 0 Å². The van der Waals surface area contributed by atoms with E-state index in [-0.39, 0.29) is 5.91 Å². The Labute approximate surface area is 118 Å². The molecule has 1 aromatic carbocycles. The predicted molar refractivity (Wildman–Crippen MR) is 77.5 cm³/mol. The van der Waals surface area contributed by atoms with E-state index in [1.54, 1.807) is 18.2 Å². The van der Waals surface area contributed by atoms with Gasteiger partial charge < -0.3 is 10.6 Å². The standard InChI is InChI=1S/C13H18Cl2N2O/c1-3-9(2)16-8-7-12(18)17-11-6-4-5-10(14)13(11)15/h4-6,9,16H,3,7-8H2,1-2H3,(H,17,18). The highest BCUT2D eigenvalue weighted by Crippen LogP contribution is 2.29. The van der Waals surface area contributed by atoms with E-state index in [0.29, 0.717) is 34.7 Å². The maximum absolute atomic E-state index is 11.7. The minimum Gasteiger partial charge on any atom is -0.325 e. The van der Waals surface area contributed by atoms with E-state index in [1.807, 2.05) is 0 Å². The van der Waals surface area contributed by atoms with Gasteiger partial charge in [-0.2, -0.15) is 0 Å². The minimum atomic E-state index is -0.0741. The van der Waals surface area contributed by atoms with E-state index in [9.17, 15) is 4.79 Å². The summed E-state index contributed by atoms with van der Waals surface area (Å²) in [6.45, 7) is 4.84. The quantitative estimate of drug-likeness (QED) is 0.838. The van der Waals surface area contributed by atoms with E-state index in [1.165, 1.54) is 0 Å². The topological polar surface area (TPSA) is 41.1 Å². The number of benzene rings is 1. The van der Waals surface area contributed by atoms with Crippen molar-refractivity contribution in [3.63, 3.8) is 0 Å². The highest BCUT2D eigenvalue weighted by atomic mass is 35.5. The second kappa shape index (κ2) is 7.62. The lowest BCUT2D eigenvalue weighted by atomic mass is 10.2. The zero-order valence-corrected chi connectivity index (χ0v) is 12.1. The third-order valence-corrected chi connectivity index (χ3v) is 3.50. The second-order valence-electron chi connectivity index (χ2n) is 4.16. The Morgan fingerprint density at radius 1 is 1.39 bits per heavy atom. The Kier molecular flexibility index (Phi) is 6.47. The van der Waals surface area contributed by atoms with Crippen LogP contribution in [0.15, 0.2) is 18.2 Å². The normalized spacial score (nSPS) is 12.2. The van der Waals surface area contributed by atoms with Gasteiger partial charge in [0, 0.05) is 19.0 Å². The van der Waals surface area contributed by atoms with Crippen molar-refractivity contribution in [1.29, 1.82) is 0 Å². The molecule has 3 nitrogen and oxygen atoms in total. The zero-order chi connectivity index (χ0) is 13.5. The molecule has 0 saturated carbocycles. The molecule has 0 spiro atoms. The number of rotatable bonds is 6. The van der Waals surface area contributed by atoms with E-state index >= 15 is 0 Å². The first-order valence-electron chi connectivity index (χ1n) is 6.01. The number of halogens is 2. The molecule has 0 aliphatic carbocycles. The number of anilines is 1. The van der Waals surface area contributed by atoms with E-state index in [4.69, 9.17) is 23.2 Å². The Hall–Kier alpha value is -0.770. The van der Waals surface area contributed by atoms with Gasteiger partial charge in [0.1, 0.15) is 0 Å². The SMILES string of the molecule is CCC(C)NCCC(=O)Nc1cccc(Cl)c1Cl. The molecule has 0 aromatic heterocycles. The smallest absolute Gasteiger partial charge is 0.225 e. The van der Waals surface area contributed by atoms with Crippen LogP contribution in [0.25, 0.3) is 0 Å². The first kappa shape index (κ1) is 15.3. The number of hydrogen-bond acceptors (Lipinski definition) is 2. The summed E-state index contributed by atoms with van der Waals surface area (Å²) in [5.41, 5.74) is 0.553. The van der Waals surface area contributed by atoms with Gasteiger partial charge in [-0.3, -0.25) is 4.79 Å². The largest absolute Gasteiger partial charge is 0.325 e. The van der Waals surface area contributed by atoms with Gasteiger partial charge in [0.25, 0.3) is 0 Å². The molecule has 0 fully saturated rings. The number of amides is 1. The van der Waals surface area contributed by atoms with E-state index in [2.05, 4.69) is 24.5 Å². The Bertz CT molecular complexity index is 410. The molecule has 1 aromatic rings. The van der Waals surface area contributed by atoms with Crippen LogP contribution >= 0.6 is 23.2 Å². The summed E-state index contributed by atoms with van der Waals surface area (Å²) >= 11 is 11.8. The van der Waals surface area contributed by atoms with Crippen LogP contribution in [0.3, 0.4) is 0 Å². The molecule has 0 aliphatic heterocycles. The van der Waals surface area contributed by atoms with Crippen LogP contribution in [0, 0.1) is 0 Å². The molecule has 0 radical (unpaired) electrons. The lowest BCUT2D eigenvalue weighted by molar-refractivity contribution is -0.116. The summed E-state index contributed by atoms with van der Waals surface area (Å²) in [6, 6.07) is 5.59. The highest BCUT2D eigenvalue weighted by Gasteiger charge is 2.08. The molecule has 0 saturated heterocycles. The van der Waals surface area contributed by atoms with E-state index in [0.717, 1.165) is 6.42 Å². The van der Waals surface area contributed by atoms with Crippen molar-refractivity contribution < 1.29 is 4.79 Å². The van der Waals surface area contributed by atoms with Crippen molar-refractivity contribution in [2.75, 3.05) is 11.9 Å². The molecule has 0 heterocycles. The van der Waals surface area contributed by atoms with Crippen molar-refractivity contribution in [1.82, 2.24) is 5.32 Å². The van der Waals surface area contributed by atoms with Crippen molar-refractivity contribution in [3.8, 4) is 0 Å². The summed E-state index contributed by atoms with van der Waals surface area (Å²) in [4.78, 5) is 11.7. The molecule has 1 unspecified atom stereocenters. The monoisotopic (exact) mass is 288 g/mol. The summed E-state index contributed by atoms with van der Waals surface area (Å²) in [5.74, 6) is -0.0741. The molecule has 100 valence electrons. The first-order valence-corrected chi connectivity index (χ1v) is 6.77. The summed E-state index contributed by atoms with van der Waals surface area (Å²) in [5, 5.41) is 6.82. The third-order valence-electron chi connectivity index (χ3n) is 2.68. The van der Waals surface area contributed by atoms with Gasteiger partial charge in [0.2, 0.25) is 5.91 Å². The zero-order valence-electron chi connectivity index (χ0n) is 10.6. The fourth-order valence-corrected chi connectivity index (χ4v) is 1.74. The van der Waals surface area contributed by atoms with Gasteiger partial charge in [-0.15, -0.1) is 0 Å². The molecule has 2 N–H and O–H groups in total. The fraction of sp³-hybridized carbons (Fsp3) is 0.462. The van der Waals surface area contributed by atoms with Gasteiger partial charge in [-0.05, 0) is 25.5 Å². The maximum atomic E-state index is 11.7. The average molecular weight is 289 g/mol. The number of hydrogen-bond donors (Lipinski definition) is 2. The molecule has 0 aliphatic rings. The summed E-state index contributed by atoms with van der Waals surface area (Å²) < 4.78 is 0. The minimum absolute atomic E-state index is 0.0741. The maximum Gasteiger partial charge on any atom is 0.225 e. The lowest BCUT2D eigenvalue weighted by Crippen LogP contribution is -2.28. The number of carbonyl (C=O) groups excluding carboxylic acids is 1. The molecule has 5 heteroatoms. The average Bonchev–Trinajstić information content (AvgIpc) is 2.34. The van der Waals surface area contributed by atoms with Crippen LogP contribution in [-0.2, 0) is 4.79 Å². The molecular formula is C13H18Cl2N2O. The van der Waals surface area contributed by atoms with Crippen LogP contribution in [-0.4, -0.2) is 18.5 Å². The molecule has 1 rings (SSSR count). The second-order valence-corrected chi connectivity index (χ2v) is 4.95. The summed E-state index contributed by atoms with van der Waals surface area (Å²) in [6.07, 6.45) is 1.45. The number of carbonyl (C=O) groups is 1.